The van der Waals surface area contributed by atoms with Gasteiger partial charge in [0.05, 0.1) is 5.54 Å². The molecule has 0 radical (unpaired) electrons. The summed E-state index contributed by atoms with van der Waals surface area (Å²) < 4.78 is 18.4. The molecule has 2 rings (SSSR count). The molecule has 20 heavy (non-hydrogen) atoms. The van der Waals surface area contributed by atoms with E-state index in [1.165, 1.54) is 12.1 Å². The highest BCUT2D eigenvalue weighted by Gasteiger charge is 2.49. The molecule has 2 N–H and O–H groups in total. The maximum Gasteiger partial charge on any atom is 0.411 e. The van der Waals surface area contributed by atoms with E-state index >= 15 is 0 Å². The average Bonchev–Trinajstić information content (AvgIpc) is 2.29. The largest absolute Gasteiger partial charge is 0.444 e. The van der Waals surface area contributed by atoms with Crippen molar-refractivity contribution in [2.24, 2.45) is 5.73 Å². The molecule has 1 aromatic carbocycles. The quantitative estimate of drug-likeness (QED) is 0.906. The third-order valence-electron chi connectivity index (χ3n) is 3.60. The predicted molar refractivity (Wildman–Crippen MR) is 74.7 cm³/mol. The topological polar surface area (TPSA) is 55.6 Å². The van der Waals surface area contributed by atoms with Gasteiger partial charge < -0.3 is 10.5 Å². The molecule has 5 heteroatoms. The minimum Gasteiger partial charge on any atom is -0.444 e. The van der Waals surface area contributed by atoms with Crippen molar-refractivity contribution >= 4 is 6.09 Å². The summed E-state index contributed by atoms with van der Waals surface area (Å²) in [7, 11) is 0. The van der Waals surface area contributed by atoms with E-state index in [2.05, 4.69) is 0 Å². The van der Waals surface area contributed by atoms with E-state index in [0.717, 1.165) is 12.0 Å². The zero-order chi connectivity index (χ0) is 15.0. The van der Waals surface area contributed by atoms with Gasteiger partial charge in [0.1, 0.15) is 11.4 Å². The molecule has 0 aromatic heterocycles. The number of rotatable bonds is 2. The van der Waals surface area contributed by atoms with Crippen LogP contribution in [0.4, 0.5) is 9.18 Å². The molecule has 1 aliphatic rings. The summed E-state index contributed by atoms with van der Waals surface area (Å²) in [5.74, 6) is -0.302. The van der Waals surface area contributed by atoms with Crippen LogP contribution in [0.25, 0.3) is 0 Å². The molecule has 0 spiro atoms. The number of halogens is 1. The van der Waals surface area contributed by atoms with Crippen LogP contribution in [0.15, 0.2) is 24.3 Å². The first-order valence-electron chi connectivity index (χ1n) is 6.75. The fraction of sp³-hybridized carbons (Fsp3) is 0.533. The number of nitrogens with zero attached hydrogens (tertiary/aromatic N) is 1. The lowest BCUT2D eigenvalue weighted by atomic mass is 9.78. The molecular formula is C15H21FN2O2. The second-order valence-electron chi connectivity index (χ2n) is 6.12. The summed E-state index contributed by atoms with van der Waals surface area (Å²) in [6.45, 7) is 6.37. The number of ether oxygens (including phenoxy) is 1. The molecule has 0 saturated carbocycles. The van der Waals surface area contributed by atoms with Crippen molar-refractivity contribution in [3.63, 3.8) is 0 Å². The molecule has 1 unspecified atom stereocenters. The summed E-state index contributed by atoms with van der Waals surface area (Å²) in [5, 5.41) is 0. The average molecular weight is 280 g/mol. The first kappa shape index (κ1) is 14.8. The lowest BCUT2D eigenvalue weighted by Gasteiger charge is -2.52. The molecule has 1 aromatic rings. The molecule has 4 nitrogen and oxygen atoms in total. The molecule has 1 fully saturated rings. The van der Waals surface area contributed by atoms with Crippen molar-refractivity contribution in [3.8, 4) is 0 Å². The minimum atomic E-state index is -0.573. The molecule has 110 valence electrons. The van der Waals surface area contributed by atoms with E-state index in [0.29, 0.717) is 6.54 Å². The number of carbonyl (C=O) groups excluding carboxylic acids is 1. The van der Waals surface area contributed by atoms with Gasteiger partial charge in [-0.15, -0.1) is 0 Å². The van der Waals surface area contributed by atoms with Crippen molar-refractivity contribution in [2.45, 2.75) is 38.3 Å². The molecule has 1 amide bonds. The van der Waals surface area contributed by atoms with Crippen LogP contribution in [0.3, 0.4) is 0 Å². The molecule has 1 aliphatic heterocycles. The molecule has 1 atom stereocenters. The number of amides is 1. The van der Waals surface area contributed by atoms with E-state index in [9.17, 15) is 9.18 Å². The Morgan fingerprint density at radius 1 is 1.40 bits per heavy atom. The molecule has 0 aliphatic carbocycles. The normalized spacial score (nSPS) is 22.4. The zero-order valence-corrected chi connectivity index (χ0v) is 12.1. The van der Waals surface area contributed by atoms with Gasteiger partial charge in [0, 0.05) is 13.1 Å². The van der Waals surface area contributed by atoms with Crippen molar-refractivity contribution in [3.05, 3.63) is 35.6 Å². The number of hydrogen-bond acceptors (Lipinski definition) is 3. The number of likely N-dealkylation sites (tertiary alicyclic amines) is 1. The van der Waals surface area contributed by atoms with Gasteiger partial charge in [-0.05, 0) is 44.9 Å². The van der Waals surface area contributed by atoms with Crippen LogP contribution in [-0.2, 0) is 10.3 Å². The molecule has 1 heterocycles. The second kappa shape index (κ2) is 5.05. The standard InChI is InChI=1S/C15H21FN2O2/c1-14(2,3)20-13(19)18-9-8-15(18,10-17)11-4-6-12(16)7-5-11/h4-7H,8-10,17H2,1-3H3. The molecule has 0 bridgehead atoms. The second-order valence-corrected chi connectivity index (χ2v) is 6.12. The summed E-state index contributed by atoms with van der Waals surface area (Å²) in [4.78, 5) is 13.9. The Morgan fingerprint density at radius 3 is 2.40 bits per heavy atom. The Labute approximate surface area is 118 Å². The van der Waals surface area contributed by atoms with Crippen molar-refractivity contribution in [1.29, 1.82) is 0 Å². The lowest BCUT2D eigenvalue weighted by molar-refractivity contribution is -0.0440. The van der Waals surface area contributed by atoms with Gasteiger partial charge in [-0.25, -0.2) is 9.18 Å². The lowest BCUT2D eigenvalue weighted by Crippen LogP contribution is -2.63. The first-order valence-corrected chi connectivity index (χ1v) is 6.75. The number of nitrogens with two attached hydrogens (primary N) is 1. The van der Waals surface area contributed by atoms with Gasteiger partial charge in [-0.1, -0.05) is 12.1 Å². The Morgan fingerprint density at radius 2 is 2.00 bits per heavy atom. The van der Waals surface area contributed by atoms with Crippen LogP contribution in [0, 0.1) is 5.82 Å². The van der Waals surface area contributed by atoms with Crippen LogP contribution < -0.4 is 5.73 Å². The van der Waals surface area contributed by atoms with Crippen LogP contribution in [0.1, 0.15) is 32.8 Å². The van der Waals surface area contributed by atoms with E-state index in [1.54, 1.807) is 17.0 Å². The Balaban J connectivity index is 2.23. The monoisotopic (exact) mass is 280 g/mol. The highest BCUT2D eigenvalue weighted by Crippen LogP contribution is 2.40. The van der Waals surface area contributed by atoms with Crippen molar-refractivity contribution < 1.29 is 13.9 Å². The maximum absolute atomic E-state index is 13.0. The van der Waals surface area contributed by atoms with Gasteiger partial charge in [0.15, 0.2) is 0 Å². The fourth-order valence-corrected chi connectivity index (χ4v) is 2.47. The highest BCUT2D eigenvalue weighted by atomic mass is 19.1. The van der Waals surface area contributed by atoms with E-state index in [4.69, 9.17) is 10.5 Å². The highest BCUT2D eigenvalue weighted by molar-refractivity contribution is 5.71. The van der Waals surface area contributed by atoms with Gasteiger partial charge in [0.25, 0.3) is 0 Å². The van der Waals surface area contributed by atoms with Gasteiger partial charge >= 0.3 is 6.09 Å². The minimum absolute atomic E-state index is 0.290. The number of hydrogen-bond donors (Lipinski definition) is 1. The molecule has 1 saturated heterocycles. The summed E-state index contributed by atoms with van der Waals surface area (Å²) in [5.41, 5.74) is 5.61. The van der Waals surface area contributed by atoms with Crippen molar-refractivity contribution in [2.75, 3.05) is 13.1 Å². The van der Waals surface area contributed by atoms with E-state index < -0.39 is 11.1 Å². The van der Waals surface area contributed by atoms with Crippen molar-refractivity contribution in [1.82, 2.24) is 4.90 Å². The fourth-order valence-electron chi connectivity index (χ4n) is 2.47. The number of carbonyl (C=O) groups is 1. The smallest absolute Gasteiger partial charge is 0.411 e. The first-order chi connectivity index (χ1) is 9.28. The van der Waals surface area contributed by atoms with E-state index in [-0.39, 0.29) is 18.5 Å². The summed E-state index contributed by atoms with van der Waals surface area (Å²) in [6, 6.07) is 6.13. The van der Waals surface area contributed by atoms with Crippen LogP contribution in [0.5, 0.6) is 0 Å². The number of benzene rings is 1. The summed E-state index contributed by atoms with van der Waals surface area (Å²) >= 11 is 0. The SMILES string of the molecule is CC(C)(C)OC(=O)N1CCC1(CN)c1ccc(F)cc1. The third-order valence-corrected chi connectivity index (χ3v) is 3.60. The Bertz CT molecular complexity index is 492. The van der Waals surface area contributed by atoms with Gasteiger partial charge in [0.2, 0.25) is 0 Å². The predicted octanol–water partition coefficient (Wildman–Crippen LogP) is 2.62. The maximum atomic E-state index is 13.0. The zero-order valence-electron chi connectivity index (χ0n) is 12.1. The van der Waals surface area contributed by atoms with Crippen LogP contribution >= 0.6 is 0 Å². The molecular weight excluding hydrogens is 259 g/mol. The van der Waals surface area contributed by atoms with Gasteiger partial charge in [-0.2, -0.15) is 0 Å². The Kier molecular flexibility index (Phi) is 3.73. The van der Waals surface area contributed by atoms with Crippen LogP contribution in [-0.4, -0.2) is 29.7 Å². The van der Waals surface area contributed by atoms with Crippen LogP contribution in [0.2, 0.25) is 0 Å². The Hall–Kier alpha value is -1.62. The third kappa shape index (κ3) is 2.63. The van der Waals surface area contributed by atoms with Gasteiger partial charge in [-0.3, -0.25) is 4.90 Å². The summed E-state index contributed by atoms with van der Waals surface area (Å²) in [6.07, 6.45) is 0.382. The van der Waals surface area contributed by atoms with E-state index in [1.807, 2.05) is 20.8 Å².